The molecule has 0 aliphatic heterocycles. The van der Waals surface area contributed by atoms with Crippen molar-refractivity contribution in [3.05, 3.63) is 46.0 Å². The van der Waals surface area contributed by atoms with Crippen LogP contribution in [0, 0.1) is 0 Å². The minimum absolute atomic E-state index is 0.154. The number of pyridine rings is 1. The normalized spacial score (nSPS) is 12.9. The van der Waals surface area contributed by atoms with E-state index in [0.717, 1.165) is 5.69 Å². The van der Waals surface area contributed by atoms with Crippen molar-refractivity contribution in [2.24, 2.45) is 5.84 Å². The lowest BCUT2D eigenvalue weighted by Gasteiger charge is -2.20. The van der Waals surface area contributed by atoms with Gasteiger partial charge in [-0.15, -0.1) is 0 Å². The van der Waals surface area contributed by atoms with Crippen LogP contribution in [0.2, 0.25) is 10.0 Å². The van der Waals surface area contributed by atoms with Gasteiger partial charge in [-0.1, -0.05) is 23.2 Å². The van der Waals surface area contributed by atoms with Crippen molar-refractivity contribution in [2.75, 3.05) is 0 Å². The highest BCUT2D eigenvalue weighted by Crippen LogP contribution is 2.31. The molecule has 0 fully saturated rings. The molecule has 0 aromatic carbocycles. The van der Waals surface area contributed by atoms with Crippen molar-refractivity contribution < 1.29 is 0 Å². The van der Waals surface area contributed by atoms with E-state index in [1.165, 1.54) is 0 Å². The van der Waals surface area contributed by atoms with Crippen LogP contribution in [-0.4, -0.2) is 14.8 Å². The molecule has 0 saturated heterocycles. The molecule has 102 valence electrons. The Labute approximate surface area is 121 Å². The Kier molecular flexibility index (Phi) is 4.42. The molecule has 2 heterocycles. The molecule has 2 rings (SSSR count). The zero-order valence-corrected chi connectivity index (χ0v) is 12.2. The van der Waals surface area contributed by atoms with Crippen LogP contribution in [0.15, 0.2) is 24.5 Å². The number of aromatic nitrogens is 3. The molecule has 0 aliphatic carbocycles. The van der Waals surface area contributed by atoms with Gasteiger partial charge in [-0.2, -0.15) is 5.10 Å². The molecule has 2 aromatic heterocycles. The molecule has 5 nitrogen and oxygen atoms in total. The van der Waals surface area contributed by atoms with Crippen LogP contribution in [0.25, 0.3) is 0 Å². The number of nitrogens with one attached hydrogen (secondary N) is 1. The van der Waals surface area contributed by atoms with Gasteiger partial charge >= 0.3 is 0 Å². The number of halogens is 2. The quantitative estimate of drug-likeness (QED) is 0.673. The van der Waals surface area contributed by atoms with Crippen molar-refractivity contribution in [3.8, 4) is 0 Å². The molecule has 0 spiro atoms. The van der Waals surface area contributed by atoms with Crippen LogP contribution < -0.4 is 11.3 Å². The van der Waals surface area contributed by atoms with Crippen LogP contribution in [0.4, 0.5) is 0 Å². The maximum absolute atomic E-state index is 6.22. The first-order chi connectivity index (χ1) is 9.06. The summed E-state index contributed by atoms with van der Waals surface area (Å²) in [5, 5.41) is 5.31. The van der Waals surface area contributed by atoms with E-state index in [1.807, 2.05) is 13.8 Å². The van der Waals surface area contributed by atoms with E-state index in [0.29, 0.717) is 15.7 Å². The molecule has 0 aliphatic rings. The van der Waals surface area contributed by atoms with Crippen molar-refractivity contribution in [1.29, 1.82) is 0 Å². The SMILES string of the molecule is CC(C)n1ncc(Cl)c1C(NN)c1ncccc1Cl. The van der Waals surface area contributed by atoms with Gasteiger partial charge < -0.3 is 0 Å². The monoisotopic (exact) mass is 299 g/mol. The van der Waals surface area contributed by atoms with Crippen molar-refractivity contribution in [2.45, 2.75) is 25.9 Å². The largest absolute Gasteiger partial charge is 0.270 e. The molecule has 0 bridgehead atoms. The smallest absolute Gasteiger partial charge is 0.108 e. The van der Waals surface area contributed by atoms with Gasteiger partial charge in [0.25, 0.3) is 0 Å². The second-order valence-corrected chi connectivity index (χ2v) is 5.20. The Morgan fingerprint density at radius 3 is 2.63 bits per heavy atom. The van der Waals surface area contributed by atoms with Crippen LogP contribution in [0.3, 0.4) is 0 Å². The van der Waals surface area contributed by atoms with Gasteiger partial charge in [0.15, 0.2) is 0 Å². The van der Waals surface area contributed by atoms with Crippen LogP contribution >= 0.6 is 23.2 Å². The minimum atomic E-state index is -0.411. The number of rotatable bonds is 4. The van der Waals surface area contributed by atoms with Gasteiger partial charge in [0.1, 0.15) is 6.04 Å². The summed E-state index contributed by atoms with van der Waals surface area (Å²) in [6.45, 7) is 4.03. The first kappa shape index (κ1) is 14.3. The highest BCUT2D eigenvalue weighted by molar-refractivity contribution is 6.32. The summed E-state index contributed by atoms with van der Waals surface area (Å²) >= 11 is 12.4. The number of nitrogens with two attached hydrogens (primary N) is 1. The molecule has 0 amide bonds. The Morgan fingerprint density at radius 1 is 1.32 bits per heavy atom. The fourth-order valence-corrected chi connectivity index (χ4v) is 2.40. The van der Waals surface area contributed by atoms with E-state index in [2.05, 4.69) is 15.5 Å². The lowest BCUT2D eigenvalue weighted by atomic mass is 10.1. The Morgan fingerprint density at radius 2 is 2.05 bits per heavy atom. The third kappa shape index (κ3) is 2.74. The van der Waals surface area contributed by atoms with Gasteiger partial charge in [-0.25, -0.2) is 5.43 Å². The van der Waals surface area contributed by atoms with E-state index in [4.69, 9.17) is 29.0 Å². The van der Waals surface area contributed by atoms with Gasteiger partial charge in [0.2, 0.25) is 0 Å². The van der Waals surface area contributed by atoms with Crippen molar-refractivity contribution in [1.82, 2.24) is 20.2 Å². The minimum Gasteiger partial charge on any atom is -0.270 e. The van der Waals surface area contributed by atoms with Crippen LogP contribution in [0.1, 0.15) is 37.3 Å². The molecule has 1 atom stereocenters. The highest BCUT2D eigenvalue weighted by Gasteiger charge is 2.25. The molecular formula is C12H15Cl2N5. The van der Waals surface area contributed by atoms with E-state index < -0.39 is 6.04 Å². The Hall–Kier alpha value is -1.14. The molecule has 0 saturated carbocycles. The fraction of sp³-hybridized carbons (Fsp3) is 0.333. The molecule has 2 aromatic rings. The van der Waals surface area contributed by atoms with E-state index in [1.54, 1.807) is 29.2 Å². The Balaban J connectivity index is 2.55. The molecule has 7 heteroatoms. The summed E-state index contributed by atoms with van der Waals surface area (Å²) in [4.78, 5) is 4.27. The second-order valence-electron chi connectivity index (χ2n) is 4.39. The first-order valence-corrected chi connectivity index (χ1v) is 6.61. The molecular weight excluding hydrogens is 285 g/mol. The van der Waals surface area contributed by atoms with Gasteiger partial charge in [0.05, 0.1) is 27.6 Å². The average molecular weight is 300 g/mol. The predicted octanol–water partition coefficient (Wildman–Crippen LogP) is 2.72. The number of nitrogens with zero attached hydrogens (tertiary/aromatic N) is 3. The average Bonchev–Trinajstić information content (AvgIpc) is 2.75. The zero-order valence-electron chi connectivity index (χ0n) is 10.6. The fourth-order valence-electron chi connectivity index (χ4n) is 1.93. The maximum atomic E-state index is 6.22. The van der Waals surface area contributed by atoms with Gasteiger partial charge in [-0.05, 0) is 26.0 Å². The maximum Gasteiger partial charge on any atom is 0.108 e. The highest BCUT2D eigenvalue weighted by atomic mass is 35.5. The van der Waals surface area contributed by atoms with Gasteiger partial charge in [0, 0.05) is 12.2 Å². The Bertz CT molecular complexity index is 567. The van der Waals surface area contributed by atoms with Crippen LogP contribution in [-0.2, 0) is 0 Å². The van der Waals surface area contributed by atoms with E-state index in [9.17, 15) is 0 Å². The van der Waals surface area contributed by atoms with Crippen molar-refractivity contribution in [3.63, 3.8) is 0 Å². The third-order valence-electron chi connectivity index (χ3n) is 2.78. The third-order valence-corrected chi connectivity index (χ3v) is 3.39. The standard InChI is InChI=1S/C12H15Cl2N5/c1-7(2)19-12(9(14)6-17-19)11(18-15)10-8(13)4-3-5-16-10/h3-7,11,18H,15H2,1-2H3. The molecule has 0 radical (unpaired) electrons. The predicted molar refractivity (Wildman–Crippen MR) is 76.0 cm³/mol. The van der Waals surface area contributed by atoms with Crippen LogP contribution in [0.5, 0.6) is 0 Å². The summed E-state index contributed by atoms with van der Waals surface area (Å²) in [5.74, 6) is 5.65. The number of hydrogen-bond acceptors (Lipinski definition) is 4. The summed E-state index contributed by atoms with van der Waals surface area (Å²) in [6.07, 6.45) is 3.26. The topological polar surface area (TPSA) is 68.8 Å². The van der Waals surface area contributed by atoms with E-state index >= 15 is 0 Å². The number of hydrogen-bond donors (Lipinski definition) is 2. The summed E-state index contributed by atoms with van der Waals surface area (Å²) in [5.41, 5.74) is 4.08. The summed E-state index contributed by atoms with van der Waals surface area (Å²) in [7, 11) is 0. The van der Waals surface area contributed by atoms with E-state index in [-0.39, 0.29) is 6.04 Å². The first-order valence-electron chi connectivity index (χ1n) is 5.85. The zero-order chi connectivity index (χ0) is 14.0. The second kappa shape index (κ2) is 5.88. The summed E-state index contributed by atoms with van der Waals surface area (Å²) in [6, 6.07) is 3.27. The molecule has 1 unspecified atom stereocenters. The molecule has 3 N–H and O–H groups in total. The number of hydrazine groups is 1. The summed E-state index contributed by atoms with van der Waals surface area (Å²) < 4.78 is 1.80. The van der Waals surface area contributed by atoms with Gasteiger partial charge in [-0.3, -0.25) is 15.5 Å². The molecule has 19 heavy (non-hydrogen) atoms. The lowest BCUT2D eigenvalue weighted by molar-refractivity contribution is 0.473. The lowest BCUT2D eigenvalue weighted by Crippen LogP contribution is -2.32. The van der Waals surface area contributed by atoms with Crippen molar-refractivity contribution >= 4 is 23.2 Å².